The van der Waals surface area contributed by atoms with Gasteiger partial charge in [0.2, 0.25) is 0 Å². The Hall–Kier alpha value is -1.39. The maximum Gasteiger partial charge on any atom is 0.392 e. The van der Waals surface area contributed by atoms with E-state index in [2.05, 4.69) is 0 Å². The molecular formula is C11H14F3NO. The van der Waals surface area contributed by atoms with Gasteiger partial charge in [0.25, 0.3) is 0 Å². The van der Waals surface area contributed by atoms with Crippen LogP contribution in [0, 0.1) is 0 Å². The van der Waals surface area contributed by atoms with Crippen molar-refractivity contribution in [3.63, 3.8) is 0 Å². The normalized spacial score (nSPS) is 11.5. The number of nitrogen functional groups attached to an aromatic ring is 1. The van der Waals surface area contributed by atoms with Gasteiger partial charge in [0.1, 0.15) is 5.75 Å². The first-order valence-corrected chi connectivity index (χ1v) is 4.99. The number of alkyl halides is 3. The molecule has 0 saturated carbocycles. The molecule has 0 aliphatic carbocycles. The van der Waals surface area contributed by atoms with E-state index in [0.29, 0.717) is 11.4 Å². The van der Waals surface area contributed by atoms with E-state index >= 15 is 0 Å². The fraction of sp³-hybridized carbons (Fsp3) is 0.455. The fourth-order valence-corrected chi connectivity index (χ4v) is 1.26. The van der Waals surface area contributed by atoms with Gasteiger partial charge in [-0.3, -0.25) is 0 Å². The summed E-state index contributed by atoms with van der Waals surface area (Å²) in [7, 11) is 0. The number of aryl methyl sites for hydroxylation is 1. The number of nitrogens with two attached hydrogens (primary N) is 1. The quantitative estimate of drug-likeness (QED) is 0.811. The Morgan fingerprint density at radius 1 is 1.25 bits per heavy atom. The van der Waals surface area contributed by atoms with Crippen molar-refractivity contribution in [2.75, 3.05) is 12.3 Å². The van der Waals surface area contributed by atoms with Crippen LogP contribution in [0.15, 0.2) is 18.2 Å². The van der Waals surface area contributed by atoms with E-state index in [-0.39, 0.29) is 6.61 Å². The highest BCUT2D eigenvalue weighted by Gasteiger charge is 2.26. The first kappa shape index (κ1) is 12.7. The molecule has 0 aliphatic rings. The van der Waals surface area contributed by atoms with Crippen LogP contribution in [0.25, 0.3) is 0 Å². The van der Waals surface area contributed by atoms with Crippen LogP contribution in [-0.2, 0) is 6.42 Å². The van der Waals surface area contributed by atoms with Crippen molar-refractivity contribution >= 4 is 5.69 Å². The predicted octanol–water partition coefficient (Wildman–Crippen LogP) is 3.16. The van der Waals surface area contributed by atoms with Gasteiger partial charge in [-0.2, -0.15) is 13.2 Å². The molecule has 0 spiro atoms. The summed E-state index contributed by atoms with van der Waals surface area (Å²) in [5.41, 5.74) is 7.04. The van der Waals surface area contributed by atoms with Crippen LogP contribution in [-0.4, -0.2) is 12.8 Å². The molecule has 0 amide bonds. The van der Waals surface area contributed by atoms with Crippen LogP contribution in [0.4, 0.5) is 18.9 Å². The van der Waals surface area contributed by atoms with Gasteiger partial charge in [0.15, 0.2) is 0 Å². The average Bonchev–Trinajstić information content (AvgIpc) is 2.14. The van der Waals surface area contributed by atoms with E-state index in [4.69, 9.17) is 10.5 Å². The second-order valence-corrected chi connectivity index (χ2v) is 3.48. The molecular weight excluding hydrogens is 219 g/mol. The average molecular weight is 233 g/mol. The van der Waals surface area contributed by atoms with E-state index in [1.165, 1.54) is 6.07 Å². The Morgan fingerprint density at radius 3 is 2.50 bits per heavy atom. The topological polar surface area (TPSA) is 35.2 Å². The van der Waals surface area contributed by atoms with Gasteiger partial charge in [-0.25, -0.2) is 0 Å². The van der Waals surface area contributed by atoms with Crippen LogP contribution >= 0.6 is 0 Å². The van der Waals surface area contributed by atoms with Gasteiger partial charge >= 0.3 is 6.18 Å². The van der Waals surface area contributed by atoms with Gasteiger partial charge in [0, 0.05) is 11.8 Å². The molecule has 0 aliphatic heterocycles. The lowest BCUT2D eigenvalue weighted by Gasteiger charge is -2.10. The zero-order chi connectivity index (χ0) is 12.2. The molecule has 2 nitrogen and oxygen atoms in total. The van der Waals surface area contributed by atoms with E-state index in [0.717, 1.165) is 12.0 Å². The molecule has 1 aromatic carbocycles. The number of halogens is 3. The van der Waals surface area contributed by atoms with Crippen molar-refractivity contribution in [1.82, 2.24) is 0 Å². The Labute approximate surface area is 92.2 Å². The van der Waals surface area contributed by atoms with Gasteiger partial charge in [0.05, 0.1) is 13.0 Å². The van der Waals surface area contributed by atoms with Gasteiger partial charge in [-0.1, -0.05) is 6.92 Å². The summed E-state index contributed by atoms with van der Waals surface area (Å²) < 4.78 is 40.6. The third-order valence-electron chi connectivity index (χ3n) is 2.05. The minimum atomic E-state index is -4.19. The van der Waals surface area contributed by atoms with Crippen molar-refractivity contribution in [2.45, 2.75) is 25.9 Å². The van der Waals surface area contributed by atoms with Crippen molar-refractivity contribution in [3.05, 3.63) is 23.8 Å². The largest absolute Gasteiger partial charge is 0.493 e. The maximum atomic E-state index is 11.9. The molecule has 0 bridgehead atoms. The molecule has 5 heteroatoms. The van der Waals surface area contributed by atoms with Crippen molar-refractivity contribution in [2.24, 2.45) is 0 Å². The molecule has 1 rings (SSSR count). The molecule has 0 atom stereocenters. The summed E-state index contributed by atoms with van der Waals surface area (Å²) in [6.45, 7) is 1.56. The summed E-state index contributed by atoms with van der Waals surface area (Å²) in [5.74, 6) is 0.390. The molecule has 0 saturated heterocycles. The Balaban J connectivity index is 2.57. The van der Waals surface area contributed by atoms with Crippen LogP contribution in [0.1, 0.15) is 18.9 Å². The first-order chi connectivity index (χ1) is 7.40. The van der Waals surface area contributed by atoms with Crippen molar-refractivity contribution < 1.29 is 17.9 Å². The number of hydrogen-bond donors (Lipinski definition) is 1. The highest BCUT2D eigenvalue weighted by molar-refractivity contribution is 5.47. The number of rotatable bonds is 4. The molecule has 0 aromatic heterocycles. The lowest BCUT2D eigenvalue weighted by molar-refractivity contribution is -0.139. The Morgan fingerprint density at radius 2 is 1.94 bits per heavy atom. The lowest BCUT2D eigenvalue weighted by atomic mass is 10.1. The second kappa shape index (κ2) is 5.09. The molecule has 2 N–H and O–H groups in total. The minimum absolute atomic E-state index is 0.379. The standard InChI is InChI=1S/C11H14F3NO/c1-2-8-5-9(15)7-10(6-8)16-4-3-11(12,13)14/h5-7H,2-4,15H2,1H3. The smallest absolute Gasteiger partial charge is 0.392 e. The number of ether oxygens (including phenoxy) is 1. The van der Waals surface area contributed by atoms with E-state index in [1.807, 2.05) is 6.92 Å². The van der Waals surface area contributed by atoms with E-state index in [9.17, 15) is 13.2 Å². The number of hydrogen-bond acceptors (Lipinski definition) is 2. The lowest BCUT2D eigenvalue weighted by Crippen LogP contribution is -2.13. The van der Waals surface area contributed by atoms with Gasteiger partial charge < -0.3 is 10.5 Å². The number of anilines is 1. The SMILES string of the molecule is CCc1cc(N)cc(OCCC(F)(F)F)c1. The third-order valence-corrected chi connectivity index (χ3v) is 2.05. The minimum Gasteiger partial charge on any atom is -0.493 e. The van der Waals surface area contributed by atoms with Crippen molar-refractivity contribution in [1.29, 1.82) is 0 Å². The first-order valence-electron chi connectivity index (χ1n) is 4.99. The van der Waals surface area contributed by atoms with Crippen LogP contribution in [0.3, 0.4) is 0 Å². The summed E-state index contributed by atoms with van der Waals surface area (Å²) in [6, 6.07) is 5.00. The Bertz CT molecular complexity index is 350. The molecule has 16 heavy (non-hydrogen) atoms. The highest BCUT2D eigenvalue weighted by Crippen LogP contribution is 2.22. The summed E-state index contributed by atoms with van der Waals surface area (Å²) in [4.78, 5) is 0. The van der Waals surface area contributed by atoms with Gasteiger partial charge in [-0.05, 0) is 24.1 Å². The monoisotopic (exact) mass is 233 g/mol. The summed E-state index contributed by atoms with van der Waals surface area (Å²) in [6.07, 6.45) is -4.38. The molecule has 90 valence electrons. The Kier molecular flexibility index (Phi) is 4.04. The van der Waals surface area contributed by atoms with Crippen LogP contribution in [0.2, 0.25) is 0 Å². The predicted molar refractivity (Wildman–Crippen MR) is 56.4 cm³/mol. The molecule has 1 aromatic rings. The molecule has 0 heterocycles. The fourth-order valence-electron chi connectivity index (χ4n) is 1.26. The zero-order valence-electron chi connectivity index (χ0n) is 8.97. The second-order valence-electron chi connectivity index (χ2n) is 3.48. The maximum absolute atomic E-state index is 11.9. The van der Waals surface area contributed by atoms with Crippen LogP contribution in [0.5, 0.6) is 5.75 Å². The summed E-state index contributed by atoms with van der Waals surface area (Å²) in [5, 5.41) is 0. The third kappa shape index (κ3) is 4.42. The van der Waals surface area contributed by atoms with E-state index in [1.54, 1.807) is 12.1 Å². The zero-order valence-corrected chi connectivity index (χ0v) is 8.97. The molecule has 0 radical (unpaired) electrons. The van der Waals surface area contributed by atoms with Gasteiger partial charge in [-0.15, -0.1) is 0 Å². The molecule has 0 fully saturated rings. The molecule has 0 unspecified atom stereocenters. The van der Waals surface area contributed by atoms with Crippen LogP contribution < -0.4 is 10.5 Å². The van der Waals surface area contributed by atoms with Crippen molar-refractivity contribution in [3.8, 4) is 5.75 Å². The number of benzene rings is 1. The summed E-state index contributed by atoms with van der Waals surface area (Å²) >= 11 is 0. The van der Waals surface area contributed by atoms with E-state index < -0.39 is 12.6 Å². The highest BCUT2D eigenvalue weighted by atomic mass is 19.4.